The summed E-state index contributed by atoms with van der Waals surface area (Å²) >= 11 is 0. The largest absolute Gasteiger partial charge is 0.357 e. The molecule has 136 valence electrons. The van der Waals surface area contributed by atoms with Crippen molar-refractivity contribution < 1.29 is 9.59 Å². The summed E-state index contributed by atoms with van der Waals surface area (Å²) in [5.41, 5.74) is 4.34. The van der Waals surface area contributed by atoms with Crippen LogP contribution in [0, 0.1) is 0 Å². The maximum Gasteiger partial charge on any atom is 0.246 e. The van der Waals surface area contributed by atoms with Crippen molar-refractivity contribution in [2.45, 2.75) is 32.0 Å². The molecule has 5 nitrogen and oxygen atoms in total. The average Bonchev–Trinajstić information content (AvgIpc) is 3.07. The third-order valence-electron chi connectivity index (χ3n) is 5.95. The molecule has 3 aromatic rings. The molecule has 1 fully saturated rings. The van der Waals surface area contributed by atoms with Crippen molar-refractivity contribution in [2.24, 2.45) is 0 Å². The number of benzene rings is 2. The predicted molar refractivity (Wildman–Crippen MR) is 103 cm³/mol. The number of para-hydroxylation sites is 1. The van der Waals surface area contributed by atoms with E-state index in [0.717, 1.165) is 22.2 Å². The van der Waals surface area contributed by atoms with E-state index in [1.807, 2.05) is 55.5 Å². The van der Waals surface area contributed by atoms with Crippen LogP contribution in [0.4, 0.5) is 0 Å². The summed E-state index contributed by atoms with van der Waals surface area (Å²) < 4.78 is 0. The molecule has 0 saturated carbocycles. The Labute approximate surface area is 157 Å². The predicted octanol–water partition coefficient (Wildman–Crippen LogP) is 3.02. The topological polar surface area (TPSA) is 56.4 Å². The average molecular weight is 359 g/mol. The highest BCUT2D eigenvalue weighted by atomic mass is 16.2. The van der Waals surface area contributed by atoms with Gasteiger partial charge in [0.2, 0.25) is 11.8 Å². The zero-order valence-electron chi connectivity index (χ0n) is 15.2. The summed E-state index contributed by atoms with van der Waals surface area (Å²) in [7, 11) is 0. The molecule has 2 aliphatic heterocycles. The third-order valence-corrected chi connectivity index (χ3v) is 5.95. The molecule has 1 saturated heterocycles. The maximum atomic E-state index is 13.3. The Hall–Kier alpha value is -3.08. The van der Waals surface area contributed by atoms with Gasteiger partial charge >= 0.3 is 0 Å². The molecule has 5 rings (SSSR count). The summed E-state index contributed by atoms with van der Waals surface area (Å²) in [5.74, 6) is 0.0635. The van der Waals surface area contributed by atoms with E-state index in [0.29, 0.717) is 13.0 Å². The number of carbonyl (C=O) groups is 2. The fourth-order valence-electron chi connectivity index (χ4n) is 4.44. The molecular weight excluding hydrogens is 338 g/mol. The van der Waals surface area contributed by atoms with Gasteiger partial charge in [0.25, 0.3) is 0 Å². The molecule has 5 heteroatoms. The van der Waals surface area contributed by atoms with Crippen molar-refractivity contribution in [3.8, 4) is 0 Å². The van der Waals surface area contributed by atoms with Gasteiger partial charge in [-0.2, -0.15) is 0 Å². The second kappa shape index (κ2) is 5.98. The number of hydrogen-bond donors (Lipinski definition) is 1. The first-order valence-electron chi connectivity index (χ1n) is 9.37. The van der Waals surface area contributed by atoms with Crippen LogP contribution in [0.1, 0.15) is 29.8 Å². The van der Waals surface area contributed by atoms with Gasteiger partial charge in [0, 0.05) is 23.0 Å². The van der Waals surface area contributed by atoms with Gasteiger partial charge in [-0.15, -0.1) is 0 Å². The van der Waals surface area contributed by atoms with Crippen LogP contribution in [-0.4, -0.2) is 39.2 Å². The van der Waals surface area contributed by atoms with E-state index in [-0.39, 0.29) is 24.4 Å². The van der Waals surface area contributed by atoms with E-state index in [2.05, 4.69) is 11.1 Å². The van der Waals surface area contributed by atoms with Gasteiger partial charge in [0.1, 0.15) is 12.6 Å². The van der Waals surface area contributed by atoms with Crippen LogP contribution in [0.2, 0.25) is 0 Å². The molecular formula is C22H21N3O2. The summed E-state index contributed by atoms with van der Waals surface area (Å²) in [6.07, 6.45) is 0.571. The van der Waals surface area contributed by atoms with E-state index < -0.39 is 6.04 Å². The van der Waals surface area contributed by atoms with Crippen LogP contribution in [0.3, 0.4) is 0 Å². The summed E-state index contributed by atoms with van der Waals surface area (Å²) in [6.45, 7) is 2.61. The molecule has 1 aromatic heterocycles. The number of H-pyrrole nitrogens is 1. The molecule has 2 aliphatic rings. The standard InChI is InChI=1S/C22H21N3O2/c1-14(15-7-3-2-4-8-15)24-13-21(26)25-12-19-17(11-20(25)22(24)27)16-9-5-6-10-18(16)23-19/h2-10,14,20,23H,11-13H2,1H3/t14-,20-/m0/s1. The minimum atomic E-state index is -0.413. The third kappa shape index (κ3) is 2.46. The van der Waals surface area contributed by atoms with Gasteiger partial charge in [-0.3, -0.25) is 9.59 Å². The van der Waals surface area contributed by atoms with Gasteiger partial charge in [0.15, 0.2) is 0 Å². The second-order valence-electron chi connectivity index (χ2n) is 7.42. The number of hydrogen-bond acceptors (Lipinski definition) is 2. The first-order chi connectivity index (χ1) is 13.1. The highest BCUT2D eigenvalue weighted by Crippen LogP contribution is 2.34. The lowest BCUT2D eigenvalue weighted by atomic mass is 9.93. The van der Waals surface area contributed by atoms with Gasteiger partial charge in [-0.25, -0.2) is 0 Å². The molecule has 2 aromatic carbocycles. The lowest BCUT2D eigenvalue weighted by Gasteiger charge is -2.44. The summed E-state index contributed by atoms with van der Waals surface area (Å²) in [6, 6.07) is 17.5. The lowest BCUT2D eigenvalue weighted by Crippen LogP contribution is -2.61. The number of nitrogens with one attached hydrogen (secondary N) is 1. The van der Waals surface area contributed by atoms with E-state index in [1.165, 1.54) is 5.56 Å². The van der Waals surface area contributed by atoms with E-state index >= 15 is 0 Å². The minimum absolute atomic E-state index is 0.0201. The number of aromatic nitrogens is 1. The minimum Gasteiger partial charge on any atom is -0.357 e. The van der Waals surface area contributed by atoms with Crippen molar-refractivity contribution in [3.05, 3.63) is 71.4 Å². The number of nitrogens with zero attached hydrogens (tertiary/aromatic N) is 2. The molecule has 0 radical (unpaired) electrons. The van der Waals surface area contributed by atoms with Crippen molar-refractivity contribution in [2.75, 3.05) is 6.54 Å². The smallest absolute Gasteiger partial charge is 0.246 e. The maximum absolute atomic E-state index is 13.3. The second-order valence-corrected chi connectivity index (χ2v) is 7.42. The zero-order chi connectivity index (χ0) is 18.5. The van der Waals surface area contributed by atoms with E-state index in [4.69, 9.17) is 0 Å². The Morgan fingerprint density at radius 2 is 1.74 bits per heavy atom. The molecule has 1 N–H and O–H groups in total. The molecule has 2 atom stereocenters. The summed E-state index contributed by atoms with van der Waals surface area (Å²) in [5, 5.41) is 1.15. The quantitative estimate of drug-likeness (QED) is 0.765. The fraction of sp³-hybridized carbons (Fsp3) is 0.273. The molecule has 2 amide bonds. The highest BCUT2D eigenvalue weighted by Gasteiger charge is 2.44. The molecule has 0 bridgehead atoms. The zero-order valence-corrected chi connectivity index (χ0v) is 15.2. The molecule has 0 aliphatic carbocycles. The molecule has 0 spiro atoms. The Bertz CT molecular complexity index is 1040. The van der Waals surface area contributed by atoms with Crippen molar-refractivity contribution in [1.29, 1.82) is 0 Å². The first-order valence-corrected chi connectivity index (χ1v) is 9.37. The van der Waals surface area contributed by atoms with E-state index in [1.54, 1.807) is 9.80 Å². The number of carbonyl (C=O) groups excluding carboxylic acids is 2. The number of aromatic amines is 1. The van der Waals surface area contributed by atoms with Gasteiger partial charge in [0.05, 0.1) is 12.6 Å². The van der Waals surface area contributed by atoms with Crippen LogP contribution in [0.25, 0.3) is 10.9 Å². The monoisotopic (exact) mass is 359 g/mol. The summed E-state index contributed by atoms with van der Waals surface area (Å²) in [4.78, 5) is 33.1. The number of amides is 2. The lowest BCUT2D eigenvalue weighted by molar-refractivity contribution is -0.159. The normalized spacial score (nSPS) is 20.6. The van der Waals surface area contributed by atoms with Crippen molar-refractivity contribution in [1.82, 2.24) is 14.8 Å². The van der Waals surface area contributed by atoms with Crippen LogP contribution in [0.15, 0.2) is 54.6 Å². The van der Waals surface area contributed by atoms with Crippen molar-refractivity contribution >= 4 is 22.7 Å². The first kappa shape index (κ1) is 16.1. The molecule has 0 unspecified atom stereocenters. The highest BCUT2D eigenvalue weighted by molar-refractivity contribution is 5.97. The number of fused-ring (bicyclic) bond motifs is 4. The Morgan fingerprint density at radius 1 is 1.00 bits per heavy atom. The van der Waals surface area contributed by atoms with Crippen LogP contribution in [0.5, 0.6) is 0 Å². The molecule has 27 heavy (non-hydrogen) atoms. The van der Waals surface area contributed by atoms with Gasteiger partial charge < -0.3 is 14.8 Å². The fourth-order valence-corrected chi connectivity index (χ4v) is 4.44. The van der Waals surface area contributed by atoms with Crippen LogP contribution < -0.4 is 0 Å². The van der Waals surface area contributed by atoms with Crippen LogP contribution in [-0.2, 0) is 22.6 Å². The van der Waals surface area contributed by atoms with Gasteiger partial charge in [-0.05, 0) is 24.1 Å². The van der Waals surface area contributed by atoms with Crippen LogP contribution >= 0.6 is 0 Å². The van der Waals surface area contributed by atoms with E-state index in [9.17, 15) is 9.59 Å². The van der Waals surface area contributed by atoms with Crippen molar-refractivity contribution in [3.63, 3.8) is 0 Å². The Morgan fingerprint density at radius 3 is 2.56 bits per heavy atom. The van der Waals surface area contributed by atoms with Gasteiger partial charge in [-0.1, -0.05) is 48.5 Å². The Kier molecular flexibility index (Phi) is 3.57. The Balaban J connectivity index is 1.50. The molecule has 3 heterocycles. The SMILES string of the molecule is C[C@@H](c1ccccc1)N1CC(=O)N2Cc3[nH]c4ccccc4c3C[C@H]2C1=O. The number of rotatable bonds is 2. The number of piperazine rings is 1.